The number of benzene rings is 2. The first kappa shape index (κ1) is 29.4. The van der Waals surface area contributed by atoms with Crippen molar-refractivity contribution < 1.29 is 18.7 Å². The third kappa shape index (κ3) is 5.13. The SMILES string of the molecule is C=CC(=O)N1CCN(c2nc(N3CC(N(C)C)C3)nc3c4c(c(Cl)cc23)-c2c(F)c(Cl)cc(C(C)=O)c2NCCO4)CC1. The molecule has 4 heterocycles. The molecule has 0 aliphatic carbocycles. The van der Waals surface area contributed by atoms with E-state index in [0.29, 0.717) is 72.9 Å². The molecular formula is C30H32Cl2FN7O3. The average Bonchev–Trinajstić information content (AvgIpc) is 2.94. The van der Waals surface area contributed by atoms with E-state index in [0.717, 1.165) is 13.1 Å². The number of ether oxygens (including phenoxy) is 1. The molecule has 43 heavy (non-hydrogen) atoms. The number of likely N-dealkylation sites (N-methyl/N-ethyl adjacent to an activating group) is 1. The van der Waals surface area contributed by atoms with Crippen molar-refractivity contribution >= 4 is 63.2 Å². The van der Waals surface area contributed by atoms with Crippen molar-refractivity contribution in [2.45, 2.75) is 13.0 Å². The standard InChI is InChI=1S/C30H32Cl2FN7O3/c1-5-22(42)38-7-9-39(10-8-38)29-19-13-20(31)23-24-25(33)21(32)12-18(16(2)41)26(24)34-6-11-43-28(23)27(19)35-30(36-29)40-14-17(15-40)37(3)4/h5,12-13,17,34H,1,6-11,14-15H2,2-4H3. The molecule has 10 nitrogen and oxygen atoms in total. The number of carbonyl (C=O) groups excluding carboxylic acids is 2. The molecule has 2 saturated heterocycles. The molecule has 0 unspecified atom stereocenters. The van der Waals surface area contributed by atoms with Gasteiger partial charge in [-0.1, -0.05) is 29.8 Å². The number of carbonyl (C=O) groups is 2. The Bertz CT molecular complexity index is 1650. The van der Waals surface area contributed by atoms with Gasteiger partial charge in [-0.15, -0.1) is 0 Å². The van der Waals surface area contributed by atoms with Gasteiger partial charge in [-0.25, -0.2) is 9.37 Å². The summed E-state index contributed by atoms with van der Waals surface area (Å²) in [5.74, 6) is 0.393. The lowest BCUT2D eigenvalue weighted by Crippen LogP contribution is -2.58. The monoisotopic (exact) mass is 627 g/mol. The minimum absolute atomic E-state index is 0.0641. The first-order valence-electron chi connectivity index (χ1n) is 14.1. The van der Waals surface area contributed by atoms with Gasteiger partial charge in [-0.2, -0.15) is 4.98 Å². The maximum absolute atomic E-state index is 15.9. The number of fused-ring (bicyclic) bond motifs is 5. The molecule has 3 aliphatic rings. The van der Waals surface area contributed by atoms with E-state index in [1.807, 2.05) is 14.1 Å². The third-order valence-corrected chi connectivity index (χ3v) is 8.88. The minimum atomic E-state index is -0.712. The van der Waals surface area contributed by atoms with Crippen LogP contribution in [0.1, 0.15) is 17.3 Å². The van der Waals surface area contributed by atoms with E-state index in [2.05, 4.69) is 26.6 Å². The summed E-state index contributed by atoms with van der Waals surface area (Å²) in [6, 6.07) is 3.41. The number of nitrogens with zero attached hydrogens (tertiary/aromatic N) is 6. The lowest BCUT2D eigenvalue weighted by molar-refractivity contribution is -0.126. The Kier molecular flexibility index (Phi) is 7.82. The predicted molar refractivity (Wildman–Crippen MR) is 168 cm³/mol. The van der Waals surface area contributed by atoms with Crippen LogP contribution in [-0.4, -0.2) is 104 Å². The van der Waals surface area contributed by atoms with Crippen LogP contribution in [-0.2, 0) is 4.79 Å². The van der Waals surface area contributed by atoms with Crippen molar-refractivity contribution in [1.29, 1.82) is 0 Å². The van der Waals surface area contributed by atoms with E-state index < -0.39 is 5.82 Å². The van der Waals surface area contributed by atoms with Crippen LogP contribution in [0.2, 0.25) is 10.0 Å². The fraction of sp³-hybridized carbons (Fsp3) is 0.400. The van der Waals surface area contributed by atoms with E-state index in [-0.39, 0.29) is 45.0 Å². The number of aromatic nitrogens is 2. The lowest BCUT2D eigenvalue weighted by atomic mass is 9.94. The molecule has 1 amide bonds. The molecule has 3 aliphatic heterocycles. The molecule has 2 fully saturated rings. The summed E-state index contributed by atoms with van der Waals surface area (Å²) in [7, 11) is 4.08. The Morgan fingerprint density at radius 1 is 1.09 bits per heavy atom. The summed E-state index contributed by atoms with van der Waals surface area (Å²) in [5.41, 5.74) is 1.39. The van der Waals surface area contributed by atoms with Crippen molar-refractivity contribution in [3.63, 3.8) is 0 Å². The Morgan fingerprint density at radius 2 is 1.81 bits per heavy atom. The number of rotatable bonds is 5. The van der Waals surface area contributed by atoms with Gasteiger partial charge < -0.3 is 29.7 Å². The zero-order chi connectivity index (χ0) is 30.6. The summed E-state index contributed by atoms with van der Waals surface area (Å²) in [5, 5.41) is 3.80. The highest BCUT2D eigenvalue weighted by molar-refractivity contribution is 6.36. The highest BCUT2D eigenvalue weighted by atomic mass is 35.5. The third-order valence-electron chi connectivity index (χ3n) is 8.31. The summed E-state index contributed by atoms with van der Waals surface area (Å²) in [6.45, 7) is 9.12. The van der Waals surface area contributed by atoms with Gasteiger partial charge in [-0.3, -0.25) is 9.59 Å². The molecule has 2 aromatic carbocycles. The number of halogens is 3. The van der Waals surface area contributed by atoms with Crippen molar-refractivity contribution in [3.05, 3.63) is 46.2 Å². The quantitative estimate of drug-likeness (QED) is 0.327. The fourth-order valence-corrected chi connectivity index (χ4v) is 6.29. The van der Waals surface area contributed by atoms with E-state index in [1.54, 1.807) is 11.0 Å². The topological polar surface area (TPSA) is 94.1 Å². The van der Waals surface area contributed by atoms with E-state index in [4.69, 9.17) is 37.9 Å². The van der Waals surface area contributed by atoms with Crippen molar-refractivity contribution in [3.8, 4) is 16.9 Å². The number of hydrogen-bond acceptors (Lipinski definition) is 9. The number of Topliss-reactive ketones (excluding diaryl/α,β-unsaturated/α-hetero) is 1. The van der Waals surface area contributed by atoms with Gasteiger partial charge in [0.25, 0.3) is 0 Å². The van der Waals surface area contributed by atoms with Crippen molar-refractivity contribution in [2.24, 2.45) is 0 Å². The molecular weight excluding hydrogens is 596 g/mol. The average molecular weight is 629 g/mol. The molecule has 6 rings (SSSR count). The maximum atomic E-state index is 15.9. The van der Waals surface area contributed by atoms with Crippen LogP contribution in [0.5, 0.6) is 5.75 Å². The molecule has 1 aromatic heterocycles. The Balaban J connectivity index is 1.57. The van der Waals surface area contributed by atoms with Crippen LogP contribution >= 0.6 is 23.2 Å². The summed E-state index contributed by atoms with van der Waals surface area (Å²) < 4.78 is 22.2. The first-order chi connectivity index (χ1) is 20.6. The van der Waals surface area contributed by atoms with Crippen molar-refractivity contribution in [1.82, 2.24) is 19.8 Å². The molecule has 1 N–H and O–H groups in total. The second-order valence-electron chi connectivity index (χ2n) is 11.1. The van der Waals surface area contributed by atoms with Crippen LogP contribution in [0.15, 0.2) is 24.8 Å². The molecule has 226 valence electrons. The number of nitrogens with one attached hydrogen (secondary N) is 1. The van der Waals surface area contributed by atoms with Crippen molar-refractivity contribution in [2.75, 3.05) is 81.6 Å². The van der Waals surface area contributed by atoms with Crippen LogP contribution in [0, 0.1) is 5.82 Å². The van der Waals surface area contributed by atoms with Crippen LogP contribution in [0.3, 0.4) is 0 Å². The highest BCUT2D eigenvalue weighted by Gasteiger charge is 2.34. The molecule has 0 saturated carbocycles. The largest absolute Gasteiger partial charge is 0.489 e. The van der Waals surface area contributed by atoms with Gasteiger partial charge >= 0.3 is 0 Å². The van der Waals surface area contributed by atoms with Crippen LogP contribution in [0.25, 0.3) is 22.0 Å². The smallest absolute Gasteiger partial charge is 0.246 e. The predicted octanol–water partition coefficient (Wildman–Crippen LogP) is 4.33. The number of piperazine rings is 1. The summed E-state index contributed by atoms with van der Waals surface area (Å²) in [4.78, 5) is 42.9. The molecule has 0 bridgehead atoms. The normalized spacial score (nSPS) is 17.0. The summed E-state index contributed by atoms with van der Waals surface area (Å²) >= 11 is 13.3. The number of hydrogen-bond donors (Lipinski definition) is 1. The van der Waals surface area contributed by atoms with Gasteiger partial charge in [0.1, 0.15) is 17.9 Å². The molecule has 13 heteroatoms. The van der Waals surface area contributed by atoms with E-state index in [9.17, 15) is 9.59 Å². The second-order valence-corrected chi connectivity index (χ2v) is 12.0. The van der Waals surface area contributed by atoms with Gasteiger partial charge in [0, 0.05) is 73.9 Å². The molecule has 0 atom stereocenters. The minimum Gasteiger partial charge on any atom is -0.489 e. The number of amides is 1. The second kappa shape index (κ2) is 11.4. The van der Waals surface area contributed by atoms with Gasteiger partial charge in [0.15, 0.2) is 17.3 Å². The zero-order valence-electron chi connectivity index (χ0n) is 24.2. The number of ketones is 1. The maximum Gasteiger partial charge on any atom is 0.246 e. The number of anilines is 3. The lowest BCUT2D eigenvalue weighted by Gasteiger charge is -2.43. The summed E-state index contributed by atoms with van der Waals surface area (Å²) in [6.07, 6.45) is 1.32. The highest BCUT2D eigenvalue weighted by Crippen LogP contribution is 2.50. The van der Waals surface area contributed by atoms with E-state index >= 15 is 4.39 Å². The first-order valence-corrected chi connectivity index (χ1v) is 14.9. The Labute approximate surface area is 259 Å². The Hall–Kier alpha value is -3.67. The van der Waals surface area contributed by atoms with Gasteiger partial charge in [0.05, 0.1) is 15.7 Å². The van der Waals surface area contributed by atoms with Crippen LogP contribution < -0.4 is 19.9 Å². The Morgan fingerprint density at radius 3 is 2.47 bits per heavy atom. The molecule has 0 radical (unpaired) electrons. The van der Waals surface area contributed by atoms with Gasteiger partial charge in [0.2, 0.25) is 11.9 Å². The molecule has 3 aromatic rings. The molecule has 0 spiro atoms. The fourth-order valence-electron chi connectivity index (χ4n) is 5.80. The van der Waals surface area contributed by atoms with Gasteiger partial charge in [-0.05, 0) is 39.2 Å². The van der Waals surface area contributed by atoms with Crippen LogP contribution in [0.4, 0.5) is 21.8 Å². The van der Waals surface area contributed by atoms with E-state index in [1.165, 1.54) is 19.1 Å². The zero-order valence-corrected chi connectivity index (χ0v) is 25.7.